The van der Waals surface area contributed by atoms with Gasteiger partial charge in [0.15, 0.2) is 0 Å². The van der Waals surface area contributed by atoms with Crippen molar-refractivity contribution in [3.63, 3.8) is 0 Å². The van der Waals surface area contributed by atoms with Crippen molar-refractivity contribution in [1.29, 1.82) is 0 Å². The second-order valence-corrected chi connectivity index (χ2v) is 4.76. The number of carboxylic acids is 1. The number of carboxylic acid groups (broad SMARTS) is 1. The predicted molar refractivity (Wildman–Crippen MR) is 63.9 cm³/mol. The summed E-state index contributed by atoms with van der Waals surface area (Å²) in [7, 11) is 0. The smallest absolute Gasteiger partial charge is 0.335 e. The van der Waals surface area contributed by atoms with E-state index in [1.807, 2.05) is 12.1 Å². The highest BCUT2D eigenvalue weighted by atomic mass is 16.4. The second-order valence-electron chi connectivity index (χ2n) is 4.76. The van der Waals surface area contributed by atoms with Crippen LogP contribution in [0.1, 0.15) is 28.8 Å². The number of nitrogens with one attached hydrogen (secondary N) is 1. The molecule has 2 rings (SSSR count). The van der Waals surface area contributed by atoms with E-state index in [4.69, 9.17) is 10.2 Å². The van der Waals surface area contributed by atoms with Crippen LogP contribution in [0.3, 0.4) is 0 Å². The summed E-state index contributed by atoms with van der Waals surface area (Å²) >= 11 is 0. The van der Waals surface area contributed by atoms with Crippen LogP contribution in [0.25, 0.3) is 0 Å². The summed E-state index contributed by atoms with van der Waals surface area (Å²) in [6, 6.07) is 6.85. The minimum absolute atomic E-state index is 0.112. The van der Waals surface area contributed by atoms with Gasteiger partial charge in [0.25, 0.3) is 0 Å². The molecule has 0 bridgehead atoms. The lowest BCUT2D eigenvalue weighted by Crippen LogP contribution is -2.26. The molecule has 17 heavy (non-hydrogen) atoms. The number of hydrogen-bond donors (Lipinski definition) is 3. The summed E-state index contributed by atoms with van der Waals surface area (Å²) in [5.74, 6) is -0.901. The summed E-state index contributed by atoms with van der Waals surface area (Å²) in [6.45, 7) is 1.78. The molecule has 0 heterocycles. The van der Waals surface area contributed by atoms with Crippen LogP contribution < -0.4 is 5.32 Å². The predicted octanol–water partition coefficient (Wildman–Crippen LogP) is 1.25. The van der Waals surface area contributed by atoms with E-state index in [9.17, 15) is 4.79 Å². The molecule has 1 aromatic rings. The molecular formula is C13H17NO3. The summed E-state index contributed by atoms with van der Waals surface area (Å²) in [6.07, 6.45) is 2.18. The lowest BCUT2D eigenvalue weighted by atomic mass is 10.1. The van der Waals surface area contributed by atoms with Gasteiger partial charge < -0.3 is 15.5 Å². The minimum atomic E-state index is -0.901. The van der Waals surface area contributed by atoms with Crippen molar-refractivity contribution in [2.24, 2.45) is 5.41 Å². The van der Waals surface area contributed by atoms with Gasteiger partial charge in [-0.15, -0.1) is 0 Å². The Kier molecular flexibility index (Phi) is 3.45. The van der Waals surface area contributed by atoms with E-state index >= 15 is 0 Å². The van der Waals surface area contributed by atoms with E-state index in [1.165, 1.54) is 0 Å². The standard InChI is InChI=1S/C13H17NO3/c15-9-13(5-6-13)8-14-7-10-1-3-11(4-2-10)12(16)17/h1-4,14-15H,5-9H2,(H,16,17). The van der Waals surface area contributed by atoms with Gasteiger partial charge in [0.05, 0.1) is 5.56 Å². The summed E-state index contributed by atoms with van der Waals surface area (Å²) in [4.78, 5) is 10.7. The maximum absolute atomic E-state index is 10.7. The maximum Gasteiger partial charge on any atom is 0.335 e. The Hall–Kier alpha value is -1.39. The molecule has 0 aromatic heterocycles. The fourth-order valence-corrected chi connectivity index (χ4v) is 1.80. The van der Waals surface area contributed by atoms with Gasteiger partial charge in [0.1, 0.15) is 0 Å². The van der Waals surface area contributed by atoms with Gasteiger partial charge in [0.2, 0.25) is 0 Å². The zero-order valence-electron chi connectivity index (χ0n) is 9.65. The number of carbonyl (C=O) groups is 1. The third-order valence-corrected chi connectivity index (χ3v) is 3.32. The van der Waals surface area contributed by atoms with Gasteiger partial charge in [-0.2, -0.15) is 0 Å². The number of aliphatic hydroxyl groups excluding tert-OH is 1. The number of aromatic carboxylic acids is 1. The zero-order chi connectivity index (χ0) is 12.3. The average Bonchev–Trinajstić information content (AvgIpc) is 3.10. The zero-order valence-corrected chi connectivity index (χ0v) is 9.65. The first-order chi connectivity index (χ1) is 8.15. The van der Waals surface area contributed by atoms with E-state index in [0.29, 0.717) is 12.1 Å². The molecule has 0 atom stereocenters. The average molecular weight is 235 g/mol. The highest BCUT2D eigenvalue weighted by Gasteiger charge is 2.41. The SMILES string of the molecule is O=C(O)c1ccc(CNCC2(CO)CC2)cc1. The highest BCUT2D eigenvalue weighted by Crippen LogP contribution is 2.44. The molecule has 92 valence electrons. The van der Waals surface area contributed by atoms with Crippen molar-refractivity contribution in [1.82, 2.24) is 5.32 Å². The fourth-order valence-electron chi connectivity index (χ4n) is 1.80. The molecule has 3 N–H and O–H groups in total. The van der Waals surface area contributed by atoms with Crippen LogP contribution in [-0.2, 0) is 6.54 Å². The Labute approximate surface area is 100 Å². The molecule has 0 spiro atoms. The molecule has 4 nitrogen and oxygen atoms in total. The summed E-state index contributed by atoms with van der Waals surface area (Å²) in [5.41, 5.74) is 1.48. The highest BCUT2D eigenvalue weighted by molar-refractivity contribution is 5.87. The first-order valence-corrected chi connectivity index (χ1v) is 5.79. The molecule has 1 aliphatic carbocycles. The molecule has 0 saturated heterocycles. The van der Waals surface area contributed by atoms with E-state index < -0.39 is 5.97 Å². The monoisotopic (exact) mass is 235 g/mol. The number of benzene rings is 1. The van der Waals surface area contributed by atoms with E-state index in [0.717, 1.165) is 24.9 Å². The molecule has 0 aliphatic heterocycles. The fraction of sp³-hybridized carbons (Fsp3) is 0.462. The molecule has 4 heteroatoms. The topological polar surface area (TPSA) is 69.6 Å². The minimum Gasteiger partial charge on any atom is -0.478 e. The van der Waals surface area contributed by atoms with Gasteiger partial charge in [-0.05, 0) is 30.5 Å². The van der Waals surface area contributed by atoms with Crippen LogP contribution in [0.15, 0.2) is 24.3 Å². The molecule has 1 aliphatic rings. The number of rotatable bonds is 6. The van der Waals surface area contributed by atoms with Crippen LogP contribution in [0.5, 0.6) is 0 Å². The number of aliphatic hydroxyl groups is 1. The Balaban J connectivity index is 1.81. The van der Waals surface area contributed by atoms with Gasteiger partial charge >= 0.3 is 5.97 Å². The van der Waals surface area contributed by atoms with Crippen molar-refractivity contribution in [2.75, 3.05) is 13.2 Å². The van der Waals surface area contributed by atoms with Crippen molar-refractivity contribution in [2.45, 2.75) is 19.4 Å². The lowest BCUT2D eigenvalue weighted by Gasteiger charge is -2.12. The molecule has 0 radical (unpaired) electrons. The number of hydrogen-bond acceptors (Lipinski definition) is 3. The quantitative estimate of drug-likeness (QED) is 0.694. The Morgan fingerprint density at radius 1 is 1.29 bits per heavy atom. The van der Waals surface area contributed by atoms with Gasteiger partial charge in [0, 0.05) is 25.1 Å². The van der Waals surface area contributed by atoms with Crippen LogP contribution in [0.2, 0.25) is 0 Å². The molecule has 0 amide bonds. The second kappa shape index (κ2) is 4.85. The van der Waals surface area contributed by atoms with Crippen molar-refractivity contribution < 1.29 is 15.0 Å². The van der Waals surface area contributed by atoms with Gasteiger partial charge in [-0.1, -0.05) is 12.1 Å². The van der Waals surface area contributed by atoms with E-state index in [2.05, 4.69) is 5.32 Å². The lowest BCUT2D eigenvalue weighted by molar-refractivity contribution is 0.0697. The van der Waals surface area contributed by atoms with Crippen molar-refractivity contribution >= 4 is 5.97 Å². The van der Waals surface area contributed by atoms with E-state index in [-0.39, 0.29) is 12.0 Å². The summed E-state index contributed by atoms with van der Waals surface area (Å²) in [5, 5.41) is 21.2. The summed E-state index contributed by atoms with van der Waals surface area (Å²) < 4.78 is 0. The van der Waals surface area contributed by atoms with Crippen molar-refractivity contribution in [3.05, 3.63) is 35.4 Å². The Morgan fingerprint density at radius 3 is 2.41 bits per heavy atom. The van der Waals surface area contributed by atoms with Gasteiger partial charge in [-0.25, -0.2) is 4.79 Å². The first-order valence-electron chi connectivity index (χ1n) is 5.79. The normalized spacial score (nSPS) is 16.8. The molecular weight excluding hydrogens is 218 g/mol. The van der Waals surface area contributed by atoms with Crippen LogP contribution in [-0.4, -0.2) is 29.3 Å². The molecule has 0 unspecified atom stereocenters. The van der Waals surface area contributed by atoms with E-state index in [1.54, 1.807) is 12.1 Å². The molecule has 1 fully saturated rings. The third-order valence-electron chi connectivity index (χ3n) is 3.32. The largest absolute Gasteiger partial charge is 0.478 e. The molecule has 1 aromatic carbocycles. The maximum atomic E-state index is 10.7. The first kappa shape index (κ1) is 12.1. The third kappa shape index (κ3) is 3.05. The van der Waals surface area contributed by atoms with Crippen molar-refractivity contribution in [3.8, 4) is 0 Å². The molecule has 1 saturated carbocycles. The van der Waals surface area contributed by atoms with Crippen LogP contribution in [0.4, 0.5) is 0 Å². The Morgan fingerprint density at radius 2 is 1.94 bits per heavy atom. The van der Waals surface area contributed by atoms with Crippen LogP contribution >= 0.6 is 0 Å². The van der Waals surface area contributed by atoms with Crippen LogP contribution in [0, 0.1) is 5.41 Å². The Bertz CT molecular complexity index is 396. The van der Waals surface area contributed by atoms with Gasteiger partial charge in [-0.3, -0.25) is 0 Å².